The maximum atomic E-state index is 10.7. The van der Waals surface area contributed by atoms with Crippen molar-refractivity contribution in [3.8, 4) is 0 Å². The van der Waals surface area contributed by atoms with E-state index >= 15 is 0 Å². The maximum Gasteiger partial charge on any atom is 0.162 e. The normalized spacial score (nSPS) is 48.6. The van der Waals surface area contributed by atoms with Crippen LogP contribution in [-0.4, -0.2) is 18.5 Å². The number of Topliss-reactive ketones (excluding diaryl/α,β-unsaturated/α-hetero) is 1. The second kappa shape index (κ2) is 1.57. The summed E-state index contributed by atoms with van der Waals surface area (Å²) in [7, 11) is 0. The molecule has 0 N–H and O–H groups in total. The number of carbonyl (C=O) groups is 1. The van der Waals surface area contributed by atoms with Crippen LogP contribution < -0.4 is 0 Å². The molecule has 0 aromatic heterocycles. The predicted octanol–water partition coefficient (Wildman–Crippen LogP) is 0.610. The molecule has 2 heteroatoms. The summed E-state index contributed by atoms with van der Waals surface area (Å²) in [4.78, 5) is 10.7. The highest BCUT2D eigenvalue weighted by Crippen LogP contribution is 2.38. The summed E-state index contributed by atoms with van der Waals surface area (Å²) >= 11 is 0. The van der Waals surface area contributed by atoms with E-state index in [0.29, 0.717) is 17.6 Å². The Morgan fingerprint density at radius 2 is 2.44 bits per heavy atom. The van der Waals surface area contributed by atoms with Gasteiger partial charge in [0.15, 0.2) is 5.78 Å². The third kappa shape index (κ3) is 0.568. The van der Waals surface area contributed by atoms with E-state index in [0.717, 1.165) is 13.0 Å². The molecule has 1 saturated carbocycles. The van der Waals surface area contributed by atoms with Crippen LogP contribution in [0.3, 0.4) is 0 Å². The smallest absolute Gasteiger partial charge is 0.162 e. The Kier molecular flexibility index (Phi) is 0.943. The number of hydrogen-bond donors (Lipinski definition) is 0. The van der Waals surface area contributed by atoms with Gasteiger partial charge >= 0.3 is 0 Å². The van der Waals surface area contributed by atoms with Crippen LogP contribution in [0.2, 0.25) is 0 Å². The molecule has 2 rings (SSSR count). The first-order chi connectivity index (χ1) is 4.29. The molecule has 3 atom stereocenters. The topological polar surface area (TPSA) is 26.3 Å². The van der Waals surface area contributed by atoms with Crippen LogP contribution in [0.1, 0.15) is 13.3 Å². The molecule has 0 spiro atoms. The Labute approximate surface area is 54.2 Å². The first kappa shape index (κ1) is 5.42. The Balaban J connectivity index is 2.11. The molecule has 1 saturated heterocycles. The number of ether oxygens (including phenoxy) is 1. The first-order valence-electron chi connectivity index (χ1n) is 3.43. The van der Waals surface area contributed by atoms with Gasteiger partial charge in [-0.2, -0.15) is 0 Å². The Morgan fingerprint density at radius 3 is 2.89 bits per heavy atom. The second-order valence-electron chi connectivity index (χ2n) is 3.07. The van der Waals surface area contributed by atoms with Gasteiger partial charge in [0, 0.05) is 12.3 Å². The van der Waals surface area contributed by atoms with Crippen LogP contribution in [0.15, 0.2) is 0 Å². The number of hydrogen-bond acceptors (Lipinski definition) is 2. The molecule has 0 bridgehead atoms. The average Bonchev–Trinajstić information content (AvgIpc) is 2.07. The molecule has 0 unspecified atom stereocenters. The van der Waals surface area contributed by atoms with Crippen LogP contribution in [0, 0.1) is 11.8 Å². The first-order valence-corrected chi connectivity index (χ1v) is 3.43. The van der Waals surface area contributed by atoms with E-state index in [1.165, 1.54) is 0 Å². The number of carbonyl (C=O) groups excluding carboxylic acids is 1. The third-order valence-corrected chi connectivity index (χ3v) is 2.41. The van der Waals surface area contributed by atoms with Gasteiger partial charge in [0.05, 0.1) is 6.61 Å². The SMILES string of the molecule is C[C@@H]1CO[C@@H]2C(=O)C[C@H]12. The molecule has 9 heavy (non-hydrogen) atoms. The minimum Gasteiger partial charge on any atom is -0.370 e. The largest absolute Gasteiger partial charge is 0.370 e. The predicted molar refractivity (Wildman–Crippen MR) is 32.0 cm³/mol. The van der Waals surface area contributed by atoms with Gasteiger partial charge < -0.3 is 4.74 Å². The molecule has 0 aromatic rings. The van der Waals surface area contributed by atoms with Crippen molar-refractivity contribution in [1.29, 1.82) is 0 Å². The summed E-state index contributed by atoms with van der Waals surface area (Å²) in [6, 6.07) is 0. The lowest BCUT2D eigenvalue weighted by Crippen LogP contribution is -2.41. The Hall–Kier alpha value is -0.370. The zero-order valence-electron chi connectivity index (χ0n) is 5.46. The van der Waals surface area contributed by atoms with Gasteiger partial charge in [0.2, 0.25) is 0 Å². The average molecular weight is 126 g/mol. The lowest BCUT2D eigenvalue weighted by molar-refractivity contribution is -0.139. The fraction of sp³-hybridized carbons (Fsp3) is 0.857. The Bertz CT molecular complexity index is 153. The number of rotatable bonds is 0. The molecule has 0 amide bonds. The van der Waals surface area contributed by atoms with E-state index in [9.17, 15) is 4.79 Å². The van der Waals surface area contributed by atoms with Gasteiger partial charge in [-0.3, -0.25) is 4.79 Å². The van der Waals surface area contributed by atoms with Gasteiger partial charge in [-0.25, -0.2) is 0 Å². The summed E-state index contributed by atoms with van der Waals surface area (Å²) < 4.78 is 5.23. The minimum atomic E-state index is -0.000000000000000222. The highest BCUT2D eigenvalue weighted by atomic mass is 16.5. The minimum absolute atomic E-state index is 0.000000000000000222. The summed E-state index contributed by atoms with van der Waals surface area (Å²) in [6.45, 7) is 2.94. The molecule has 2 nitrogen and oxygen atoms in total. The lowest BCUT2D eigenvalue weighted by Gasteiger charge is -2.28. The van der Waals surface area contributed by atoms with Crippen molar-refractivity contribution < 1.29 is 9.53 Å². The molecular formula is C7H10O2. The van der Waals surface area contributed by atoms with Crippen LogP contribution >= 0.6 is 0 Å². The molecule has 1 aliphatic heterocycles. The van der Waals surface area contributed by atoms with Crippen molar-refractivity contribution in [3.63, 3.8) is 0 Å². The maximum absolute atomic E-state index is 10.7. The Morgan fingerprint density at radius 1 is 1.67 bits per heavy atom. The van der Waals surface area contributed by atoms with Crippen molar-refractivity contribution in [3.05, 3.63) is 0 Å². The molecule has 0 aromatic carbocycles. The summed E-state index contributed by atoms with van der Waals surface area (Å²) in [5.74, 6) is 1.49. The fourth-order valence-corrected chi connectivity index (χ4v) is 1.63. The van der Waals surface area contributed by atoms with E-state index in [1.54, 1.807) is 0 Å². The summed E-state index contributed by atoms with van der Waals surface area (Å²) in [5, 5.41) is 0. The molecule has 1 aliphatic carbocycles. The van der Waals surface area contributed by atoms with Gasteiger partial charge in [-0.1, -0.05) is 6.92 Å². The van der Waals surface area contributed by atoms with Crippen LogP contribution in [0.4, 0.5) is 0 Å². The molecule has 0 radical (unpaired) electrons. The highest BCUT2D eigenvalue weighted by molar-refractivity contribution is 5.90. The summed E-state index contributed by atoms with van der Waals surface area (Å²) in [6.07, 6.45) is 0.770. The zero-order chi connectivity index (χ0) is 6.43. The van der Waals surface area contributed by atoms with Crippen LogP contribution in [0.25, 0.3) is 0 Å². The van der Waals surface area contributed by atoms with Gasteiger partial charge in [-0.05, 0) is 5.92 Å². The third-order valence-electron chi connectivity index (χ3n) is 2.41. The monoisotopic (exact) mass is 126 g/mol. The van der Waals surface area contributed by atoms with Crippen molar-refractivity contribution in [2.45, 2.75) is 19.4 Å². The van der Waals surface area contributed by atoms with Gasteiger partial charge in [0.25, 0.3) is 0 Å². The molecule has 50 valence electrons. The zero-order valence-corrected chi connectivity index (χ0v) is 5.46. The molecule has 2 aliphatic rings. The van der Waals surface area contributed by atoms with E-state index in [-0.39, 0.29) is 6.10 Å². The molecule has 1 heterocycles. The standard InChI is InChI=1S/C7H10O2/c1-4-3-9-7-5(4)2-6(7)8/h4-5,7H,2-3H2,1H3/t4-,5-,7+/m1/s1. The van der Waals surface area contributed by atoms with E-state index in [4.69, 9.17) is 4.74 Å². The molecule has 2 fully saturated rings. The number of fused-ring (bicyclic) bond motifs is 1. The second-order valence-corrected chi connectivity index (χ2v) is 3.07. The van der Waals surface area contributed by atoms with Crippen molar-refractivity contribution in [2.24, 2.45) is 11.8 Å². The van der Waals surface area contributed by atoms with Gasteiger partial charge in [0.1, 0.15) is 6.10 Å². The van der Waals surface area contributed by atoms with Gasteiger partial charge in [-0.15, -0.1) is 0 Å². The van der Waals surface area contributed by atoms with Crippen LogP contribution in [-0.2, 0) is 9.53 Å². The van der Waals surface area contributed by atoms with Crippen molar-refractivity contribution in [1.82, 2.24) is 0 Å². The van der Waals surface area contributed by atoms with Crippen molar-refractivity contribution >= 4 is 5.78 Å². The number of ketones is 1. The lowest BCUT2D eigenvalue weighted by atomic mass is 9.75. The van der Waals surface area contributed by atoms with E-state index < -0.39 is 0 Å². The molecular weight excluding hydrogens is 116 g/mol. The van der Waals surface area contributed by atoms with E-state index in [1.807, 2.05) is 0 Å². The highest BCUT2D eigenvalue weighted by Gasteiger charge is 2.48. The van der Waals surface area contributed by atoms with E-state index in [2.05, 4.69) is 6.92 Å². The van der Waals surface area contributed by atoms with Crippen LogP contribution in [0.5, 0.6) is 0 Å². The summed E-state index contributed by atoms with van der Waals surface area (Å²) in [5.41, 5.74) is 0. The fourth-order valence-electron chi connectivity index (χ4n) is 1.63. The quantitative estimate of drug-likeness (QED) is 0.475. The van der Waals surface area contributed by atoms with Crippen molar-refractivity contribution in [2.75, 3.05) is 6.61 Å².